The van der Waals surface area contributed by atoms with Gasteiger partial charge < -0.3 is 19.5 Å². The number of rotatable bonds is 10. The molecule has 4 aromatic rings. The lowest BCUT2D eigenvalue weighted by Crippen LogP contribution is -2.20. The minimum atomic E-state index is -0.242. The van der Waals surface area contributed by atoms with E-state index < -0.39 is 0 Å². The van der Waals surface area contributed by atoms with Crippen LogP contribution in [0.2, 0.25) is 0 Å². The van der Waals surface area contributed by atoms with Crippen molar-refractivity contribution in [3.05, 3.63) is 108 Å². The maximum Gasteiger partial charge on any atom is 0.262 e. The number of amides is 1. The molecule has 0 saturated carbocycles. The van der Waals surface area contributed by atoms with Gasteiger partial charge in [-0.2, -0.15) is 0 Å². The molecule has 0 atom stereocenters. The van der Waals surface area contributed by atoms with Crippen molar-refractivity contribution in [2.45, 2.75) is 13.8 Å². The Morgan fingerprint density at radius 3 is 2.36 bits per heavy atom. The number of carbonyl (C=O) groups excluding carboxylic acids is 1. The van der Waals surface area contributed by atoms with Gasteiger partial charge in [-0.3, -0.25) is 9.79 Å². The Hall–Kier alpha value is -4.58. The van der Waals surface area contributed by atoms with Crippen molar-refractivity contribution in [2.24, 2.45) is 4.99 Å². The van der Waals surface area contributed by atoms with Gasteiger partial charge in [0.2, 0.25) is 0 Å². The number of anilines is 1. The Morgan fingerprint density at radius 1 is 0.833 bits per heavy atom. The molecule has 4 rings (SSSR count). The van der Waals surface area contributed by atoms with Crippen LogP contribution in [0.4, 0.5) is 11.4 Å². The van der Waals surface area contributed by atoms with Gasteiger partial charge in [0, 0.05) is 11.9 Å². The van der Waals surface area contributed by atoms with E-state index in [-0.39, 0.29) is 12.5 Å². The highest BCUT2D eigenvalue weighted by Crippen LogP contribution is 2.29. The van der Waals surface area contributed by atoms with Crippen molar-refractivity contribution in [1.29, 1.82) is 0 Å². The molecule has 6 nitrogen and oxygen atoms in total. The van der Waals surface area contributed by atoms with E-state index in [0.29, 0.717) is 18.1 Å². The van der Waals surface area contributed by atoms with Crippen molar-refractivity contribution < 1.29 is 19.0 Å². The van der Waals surface area contributed by atoms with E-state index in [1.165, 1.54) is 0 Å². The van der Waals surface area contributed by atoms with E-state index in [1.54, 1.807) is 12.3 Å². The van der Waals surface area contributed by atoms with Crippen molar-refractivity contribution in [3.8, 4) is 23.0 Å². The zero-order valence-electron chi connectivity index (χ0n) is 20.3. The van der Waals surface area contributed by atoms with Crippen LogP contribution in [0.3, 0.4) is 0 Å². The zero-order valence-corrected chi connectivity index (χ0v) is 20.3. The Morgan fingerprint density at radius 2 is 1.61 bits per heavy atom. The van der Waals surface area contributed by atoms with Crippen LogP contribution >= 0.6 is 0 Å². The molecule has 0 aliphatic carbocycles. The first-order valence-corrected chi connectivity index (χ1v) is 11.7. The van der Waals surface area contributed by atoms with Crippen LogP contribution in [-0.2, 0) is 4.79 Å². The van der Waals surface area contributed by atoms with Crippen LogP contribution in [0.5, 0.6) is 23.0 Å². The second-order valence-corrected chi connectivity index (χ2v) is 8.01. The van der Waals surface area contributed by atoms with Crippen molar-refractivity contribution in [3.63, 3.8) is 0 Å². The third kappa shape index (κ3) is 7.21. The third-order valence-corrected chi connectivity index (χ3v) is 5.11. The van der Waals surface area contributed by atoms with Gasteiger partial charge in [0.05, 0.1) is 12.3 Å². The van der Waals surface area contributed by atoms with Gasteiger partial charge >= 0.3 is 0 Å². The van der Waals surface area contributed by atoms with Gasteiger partial charge in [0.15, 0.2) is 18.1 Å². The van der Waals surface area contributed by atoms with Crippen molar-refractivity contribution in [2.75, 3.05) is 18.5 Å². The molecule has 4 aromatic carbocycles. The molecule has 1 N–H and O–H groups in total. The van der Waals surface area contributed by atoms with Crippen LogP contribution in [-0.4, -0.2) is 25.3 Å². The highest BCUT2D eigenvalue weighted by atomic mass is 16.5. The monoisotopic (exact) mass is 480 g/mol. The average Bonchev–Trinajstić information content (AvgIpc) is 2.88. The molecule has 0 heterocycles. The quantitative estimate of drug-likeness (QED) is 0.249. The highest BCUT2D eigenvalue weighted by Gasteiger charge is 2.09. The number of ether oxygens (including phenoxy) is 3. The summed E-state index contributed by atoms with van der Waals surface area (Å²) in [5, 5.41) is 2.84. The summed E-state index contributed by atoms with van der Waals surface area (Å²) in [6, 6.07) is 30.3. The summed E-state index contributed by atoms with van der Waals surface area (Å²) in [5.74, 6) is 2.33. The van der Waals surface area contributed by atoms with Crippen molar-refractivity contribution >= 4 is 23.5 Å². The lowest BCUT2D eigenvalue weighted by molar-refractivity contribution is -0.118. The molecule has 0 saturated heterocycles. The molecule has 0 fully saturated rings. The minimum Gasteiger partial charge on any atom is -0.490 e. The van der Waals surface area contributed by atoms with E-state index in [2.05, 4.69) is 10.3 Å². The molecule has 182 valence electrons. The number of carbonyl (C=O) groups is 1. The van der Waals surface area contributed by atoms with Crippen LogP contribution in [0.15, 0.2) is 102 Å². The summed E-state index contributed by atoms with van der Waals surface area (Å²) < 4.78 is 17.3. The fourth-order valence-corrected chi connectivity index (χ4v) is 3.43. The molecule has 0 unspecified atom stereocenters. The highest BCUT2D eigenvalue weighted by molar-refractivity contribution is 5.92. The van der Waals surface area contributed by atoms with Crippen molar-refractivity contribution in [1.82, 2.24) is 0 Å². The zero-order chi connectivity index (χ0) is 25.2. The van der Waals surface area contributed by atoms with Gasteiger partial charge in [0.1, 0.15) is 11.5 Å². The standard InChI is InChI=1S/C30H28N2O4/c1-3-34-29-19-23(12-17-28(29)35-21-30(33)32-25-9-7-8-22(2)18-25)20-31-24-13-15-27(16-14-24)36-26-10-5-4-6-11-26/h4-20H,3,21H2,1-2H3,(H,32,33). The van der Waals surface area contributed by atoms with E-state index in [1.807, 2.05) is 105 Å². The number of nitrogens with zero attached hydrogens (tertiary/aromatic N) is 1. The van der Waals surface area contributed by atoms with E-state index >= 15 is 0 Å². The topological polar surface area (TPSA) is 69.1 Å². The first-order chi connectivity index (χ1) is 17.6. The number of nitrogens with one attached hydrogen (secondary N) is 1. The molecule has 0 aromatic heterocycles. The maximum atomic E-state index is 12.3. The smallest absolute Gasteiger partial charge is 0.262 e. The van der Waals surface area contributed by atoms with Gasteiger partial charge in [-0.15, -0.1) is 0 Å². The van der Waals surface area contributed by atoms with Crippen LogP contribution in [0, 0.1) is 6.92 Å². The summed E-state index contributed by atoms with van der Waals surface area (Å²) in [5.41, 5.74) is 3.45. The molecule has 1 amide bonds. The van der Waals surface area contributed by atoms with Crippen LogP contribution < -0.4 is 19.5 Å². The summed E-state index contributed by atoms with van der Waals surface area (Å²) in [4.78, 5) is 16.9. The molecule has 6 heteroatoms. The van der Waals surface area contributed by atoms with Crippen LogP contribution in [0.25, 0.3) is 0 Å². The van der Waals surface area contributed by atoms with Gasteiger partial charge in [-0.1, -0.05) is 30.3 Å². The van der Waals surface area contributed by atoms with E-state index in [0.717, 1.165) is 34.0 Å². The summed E-state index contributed by atoms with van der Waals surface area (Å²) in [7, 11) is 0. The maximum absolute atomic E-state index is 12.3. The predicted octanol–water partition coefficient (Wildman–Crippen LogP) is 6.95. The Labute approximate surface area is 211 Å². The van der Waals surface area contributed by atoms with E-state index in [4.69, 9.17) is 14.2 Å². The number of aryl methyl sites for hydroxylation is 1. The van der Waals surface area contributed by atoms with Gasteiger partial charge in [-0.05, 0) is 91.7 Å². The van der Waals surface area contributed by atoms with Gasteiger partial charge in [-0.25, -0.2) is 0 Å². The number of aliphatic imine (C=N–C) groups is 1. The van der Waals surface area contributed by atoms with E-state index in [9.17, 15) is 4.79 Å². The normalized spacial score (nSPS) is 10.7. The largest absolute Gasteiger partial charge is 0.490 e. The number of para-hydroxylation sites is 1. The Kier molecular flexibility index (Phi) is 8.33. The number of hydrogen-bond acceptors (Lipinski definition) is 5. The van der Waals surface area contributed by atoms with Crippen LogP contribution in [0.1, 0.15) is 18.1 Å². The summed E-state index contributed by atoms with van der Waals surface area (Å²) in [6.45, 7) is 4.21. The molecule has 0 aliphatic heterocycles. The first-order valence-electron chi connectivity index (χ1n) is 11.7. The third-order valence-electron chi connectivity index (χ3n) is 5.11. The first kappa shape index (κ1) is 24.5. The molecular weight excluding hydrogens is 452 g/mol. The predicted molar refractivity (Wildman–Crippen MR) is 143 cm³/mol. The summed E-state index contributed by atoms with van der Waals surface area (Å²) >= 11 is 0. The lowest BCUT2D eigenvalue weighted by Gasteiger charge is -2.13. The summed E-state index contributed by atoms with van der Waals surface area (Å²) in [6.07, 6.45) is 1.75. The fraction of sp³-hybridized carbons (Fsp3) is 0.133. The molecule has 0 aliphatic rings. The average molecular weight is 481 g/mol. The SMILES string of the molecule is CCOc1cc(C=Nc2ccc(Oc3ccccc3)cc2)ccc1OCC(=O)Nc1cccc(C)c1. The number of hydrogen-bond donors (Lipinski definition) is 1. The molecule has 0 spiro atoms. The lowest BCUT2D eigenvalue weighted by atomic mass is 10.2. The minimum absolute atomic E-state index is 0.126. The molecule has 0 bridgehead atoms. The second-order valence-electron chi connectivity index (χ2n) is 8.01. The Bertz CT molecular complexity index is 1320. The fourth-order valence-electron chi connectivity index (χ4n) is 3.43. The molecule has 0 radical (unpaired) electrons. The number of benzene rings is 4. The molecular formula is C30H28N2O4. The Balaban J connectivity index is 1.37. The molecule has 36 heavy (non-hydrogen) atoms. The van der Waals surface area contributed by atoms with Gasteiger partial charge in [0.25, 0.3) is 5.91 Å². The second kappa shape index (κ2) is 12.2.